The van der Waals surface area contributed by atoms with Gasteiger partial charge in [0.25, 0.3) is 0 Å². The molecule has 0 bridgehead atoms. The van der Waals surface area contributed by atoms with Crippen molar-refractivity contribution in [2.45, 2.75) is 96.5 Å². The zero-order valence-corrected chi connectivity index (χ0v) is 23.7. The van der Waals surface area contributed by atoms with Gasteiger partial charge in [-0.2, -0.15) is 10.2 Å². The van der Waals surface area contributed by atoms with Crippen LogP contribution in [0.15, 0.2) is 18.6 Å². The van der Waals surface area contributed by atoms with Gasteiger partial charge in [0.15, 0.2) is 11.4 Å². The Morgan fingerprint density at radius 2 is 1.89 bits per heavy atom. The Kier molecular flexibility index (Phi) is 7.10. The summed E-state index contributed by atoms with van der Waals surface area (Å²) in [6, 6.07) is 3.35. The summed E-state index contributed by atoms with van der Waals surface area (Å²) in [7, 11) is -1.17. The minimum Gasteiger partial charge on any atom is -0.360 e. The van der Waals surface area contributed by atoms with Gasteiger partial charge in [0.2, 0.25) is 0 Å². The first-order chi connectivity index (χ1) is 17.2. The summed E-state index contributed by atoms with van der Waals surface area (Å²) in [5, 5.41) is 9.69. The van der Waals surface area contributed by atoms with E-state index in [1.165, 1.54) is 11.3 Å². The molecule has 4 heterocycles. The molecule has 1 saturated heterocycles. The molecule has 0 N–H and O–H groups in total. The Morgan fingerprint density at radius 1 is 1.17 bits per heavy atom. The quantitative estimate of drug-likeness (QED) is 0.284. The number of aryl methyl sites for hydroxylation is 1. The Balaban J connectivity index is 1.52. The van der Waals surface area contributed by atoms with E-state index in [1.54, 1.807) is 6.33 Å². The highest BCUT2D eigenvalue weighted by atomic mass is 28.3. The van der Waals surface area contributed by atoms with E-state index < -0.39 is 8.07 Å². The highest BCUT2D eigenvalue weighted by Gasteiger charge is 2.42. The van der Waals surface area contributed by atoms with Crippen LogP contribution >= 0.6 is 0 Å². The van der Waals surface area contributed by atoms with Crippen molar-refractivity contribution in [3.63, 3.8) is 0 Å². The maximum atomic E-state index is 6.23. The molecule has 0 amide bonds. The Hall–Kier alpha value is -2.07. The van der Waals surface area contributed by atoms with Gasteiger partial charge in [-0.3, -0.25) is 0 Å². The monoisotopic (exact) mass is 511 g/mol. The maximum Gasteiger partial charge on any atom is 0.168 e. The van der Waals surface area contributed by atoms with Gasteiger partial charge in [-0.15, -0.1) is 0 Å². The molecule has 2 aliphatic rings. The lowest BCUT2D eigenvalue weighted by atomic mass is 9.80. The molecule has 2 fully saturated rings. The van der Waals surface area contributed by atoms with E-state index in [2.05, 4.69) is 67.4 Å². The Morgan fingerprint density at radius 3 is 2.56 bits per heavy atom. The largest absolute Gasteiger partial charge is 0.360 e. The Labute approximate surface area is 215 Å². The van der Waals surface area contributed by atoms with Crippen LogP contribution in [0.2, 0.25) is 25.7 Å². The number of hydrogen-bond donors (Lipinski definition) is 0. The highest BCUT2D eigenvalue weighted by Crippen LogP contribution is 2.45. The van der Waals surface area contributed by atoms with Crippen molar-refractivity contribution < 1.29 is 14.2 Å². The molecule has 1 spiro atoms. The van der Waals surface area contributed by atoms with Crippen molar-refractivity contribution in [1.29, 1.82) is 0 Å². The van der Waals surface area contributed by atoms with Gasteiger partial charge in [-0.1, -0.05) is 33.5 Å². The molecule has 8 nitrogen and oxygen atoms in total. The highest BCUT2D eigenvalue weighted by molar-refractivity contribution is 6.76. The minimum atomic E-state index is -1.17. The van der Waals surface area contributed by atoms with Crippen LogP contribution < -0.4 is 0 Å². The number of fused-ring (bicyclic) bond motifs is 1. The standard InChI is InChI=1S/C27H41N5O3Si/c1-19(2)23-24(21-7-9-27(10-8-21)34-11-12-35-27)30-32(18-33-13-14-36(4,5)6)25(23)22-15-20(3)26-28-17-29-31(26)16-22/h15-17,19,21H,7-14,18H2,1-6H3. The van der Waals surface area contributed by atoms with Crippen LogP contribution in [0, 0.1) is 6.92 Å². The van der Waals surface area contributed by atoms with Crippen LogP contribution in [0.25, 0.3) is 16.9 Å². The van der Waals surface area contributed by atoms with Gasteiger partial charge in [0.05, 0.1) is 24.6 Å². The van der Waals surface area contributed by atoms with Crippen molar-refractivity contribution in [2.75, 3.05) is 19.8 Å². The van der Waals surface area contributed by atoms with Crippen molar-refractivity contribution >= 4 is 13.7 Å². The normalized spacial score (nSPS) is 18.8. The topological polar surface area (TPSA) is 75.7 Å². The first kappa shape index (κ1) is 25.6. The second-order valence-corrected chi connectivity index (χ2v) is 17.6. The Bertz CT molecular complexity index is 1200. The fraction of sp³-hybridized carbons (Fsp3) is 0.667. The number of nitrogens with zero attached hydrogens (tertiary/aromatic N) is 5. The smallest absolute Gasteiger partial charge is 0.168 e. The van der Waals surface area contributed by atoms with Crippen LogP contribution in [0.5, 0.6) is 0 Å². The second kappa shape index (κ2) is 10.0. The van der Waals surface area contributed by atoms with E-state index in [1.807, 2.05) is 4.52 Å². The zero-order valence-electron chi connectivity index (χ0n) is 22.7. The van der Waals surface area contributed by atoms with Crippen LogP contribution in [0.1, 0.15) is 68.2 Å². The van der Waals surface area contributed by atoms with Gasteiger partial charge in [0.1, 0.15) is 13.1 Å². The summed E-state index contributed by atoms with van der Waals surface area (Å²) in [5.41, 5.74) is 6.76. The fourth-order valence-electron chi connectivity index (χ4n) is 5.63. The molecule has 3 aromatic heterocycles. The minimum absolute atomic E-state index is 0.326. The van der Waals surface area contributed by atoms with E-state index in [0.29, 0.717) is 31.8 Å². The summed E-state index contributed by atoms with van der Waals surface area (Å²) in [6.07, 6.45) is 7.59. The van der Waals surface area contributed by atoms with Gasteiger partial charge in [-0.05, 0) is 43.4 Å². The summed E-state index contributed by atoms with van der Waals surface area (Å²) < 4.78 is 22.2. The van der Waals surface area contributed by atoms with Gasteiger partial charge in [0, 0.05) is 50.8 Å². The van der Waals surface area contributed by atoms with E-state index >= 15 is 0 Å². The lowest BCUT2D eigenvalue weighted by Crippen LogP contribution is -2.34. The van der Waals surface area contributed by atoms with Crippen molar-refractivity contribution in [3.8, 4) is 11.3 Å². The molecule has 36 heavy (non-hydrogen) atoms. The predicted molar refractivity (Wildman–Crippen MR) is 143 cm³/mol. The van der Waals surface area contributed by atoms with E-state index in [4.69, 9.17) is 19.3 Å². The van der Waals surface area contributed by atoms with Gasteiger partial charge < -0.3 is 14.2 Å². The molecule has 0 atom stereocenters. The molecule has 1 saturated carbocycles. The van der Waals surface area contributed by atoms with E-state index in [9.17, 15) is 0 Å². The lowest BCUT2D eigenvalue weighted by molar-refractivity contribution is -0.179. The summed E-state index contributed by atoms with van der Waals surface area (Å²) in [4.78, 5) is 4.41. The van der Waals surface area contributed by atoms with Crippen molar-refractivity contribution in [1.82, 2.24) is 24.4 Å². The number of aromatic nitrogens is 5. The van der Waals surface area contributed by atoms with Gasteiger partial charge >= 0.3 is 0 Å². The summed E-state index contributed by atoms with van der Waals surface area (Å²) in [5.74, 6) is 0.348. The van der Waals surface area contributed by atoms with E-state index in [0.717, 1.165) is 60.8 Å². The maximum absolute atomic E-state index is 6.23. The molecular weight excluding hydrogens is 470 g/mol. The number of rotatable bonds is 8. The number of pyridine rings is 1. The SMILES string of the molecule is Cc1cc(-c2c(C(C)C)c(C3CCC4(CC3)OCCO4)nn2COCC[Si](C)(C)C)cn2ncnc12. The lowest BCUT2D eigenvalue weighted by Gasteiger charge is -2.35. The second-order valence-electron chi connectivity index (χ2n) is 12.0. The molecule has 9 heteroatoms. The van der Waals surface area contributed by atoms with Crippen molar-refractivity contribution in [3.05, 3.63) is 35.4 Å². The third kappa shape index (κ3) is 5.16. The molecule has 5 rings (SSSR count). The number of hydrogen-bond acceptors (Lipinski definition) is 6. The van der Waals surface area contributed by atoms with Gasteiger partial charge in [-0.25, -0.2) is 14.2 Å². The zero-order chi connectivity index (χ0) is 25.5. The van der Waals surface area contributed by atoms with Crippen LogP contribution in [0.4, 0.5) is 0 Å². The first-order valence-corrected chi connectivity index (χ1v) is 17.1. The van der Waals surface area contributed by atoms with Crippen LogP contribution in [-0.4, -0.2) is 58.1 Å². The molecule has 3 aromatic rings. The van der Waals surface area contributed by atoms with E-state index in [-0.39, 0.29) is 5.79 Å². The average molecular weight is 512 g/mol. The van der Waals surface area contributed by atoms with Crippen LogP contribution in [0.3, 0.4) is 0 Å². The third-order valence-electron chi connectivity index (χ3n) is 7.59. The molecular formula is C27H41N5O3Si. The number of ether oxygens (including phenoxy) is 3. The molecule has 196 valence electrons. The third-order valence-corrected chi connectivity index (χ3v) is 9.29. The van der Waals surface area contributed by atoms with Crippen LogP contribution in [-0.2, 0) is 20.9 Å². The van der Waals surface area contributed by atoms with Crippen molar-refractivity contribution in [2.24, 2.45) is 0 Å². The molecule has 1 aliphatic heterocycles. The molecule has 1 aliphatic carbocycles. The summed E-state index contributed by atoms with van der Waals surface area (Å²) >= 11 is 0. The average Bonchev–Trinajstić information content (AvgIpc) is 3.55. The summed E-state index contributed by atoms with van der Waals surface area (Å²) in [6.45, 7) is 16.4. The first-order valence-electron chi connectivity index (χ1n) is 13.4. The fourth-order valence-corrected chi connectivity index (χ4v) is 6.39. The molecule has 0 unspecified atom stereocenters. The molecule has 0 radical (unpaired) electrons. The molecule has 0 aromatic carbocycles. The predicted octanol–water partition coefficient (Wildman–Crippen LogP) is 5.74.